The second-order valence-electron chi connectivity index (χ2n) is 3.68. The van der Waals surface area contributed by atoms with Crippen LogP contribution >= 0.6 is 11.8 Å². The predicted octanol–water partition coefficient (Wildman–Crippen LogP) is 2.86. The third-order valence-corrected chi connectivity index (χ3v) is 2.81. The topological polar surface area (TPSA) is 34.4 Å². The molecule has 3 nitrogen and oxygen atoms in total. The van der Waals surface area contributed by atoms with Crippen molar-refractivity contribution >= 4 is 11.8 Å². The molecule has 0 amide bonds. The van der Waals surface area contributed by atoms with E-state index >= 15 is 0 Å². The Kier molecular flexibility index (Phi) is 6.54. The summed E-state index contributed by atoms with van der Waals surface area (Å²) in [7, 11) is 1.64. The Bertz CT molecular complexity index is 320. The molecule has 1 aromatic rings. The maximum Gasteiger partial charge on any atom is 0.284 e. The largest absolute Gasteiger partial charge is 0.464 e. The standard InChI is InChI=1S/C11H17F2NO2S/c1-8(6-15-2)14-5-9-3-4-10(16-9)7-17-11(12)13/h3-4,8,11,14H,5-7H2,1-2H3. The van der Waals surface area contributed by atoms with Gasteiger partial charge in [0, 0.05) is 13.2 Å². The van der Waals surface area contributed by atoms with Crippen LogP contribution in [0.2, 0.25) is 0 Å². The minimum absolute atomic E-state index is 0.200. The van der Waals surface area contributed by atoms with Gasteiger partial charge in [0.2, 0.25) is 0 Å². The summed E-state index contributed by atoms with van der Waals surface area (Å²) in [6.07, 6.45) is 0. The zero-order valence-electron chi connectivity index (χ0n) is 9.91. The van der Waals surface area contributed by atoms with Crippen molar-refractivity contribution in [2.45, 2.75) is 31.0 Å². The third-order valence-electron chi connectivity index (χ3n) is 2.11. The Labute approximate surface area is 104 Å². The van der Waals surface area contributed by atoms with Gasteiger partial charge in [-0.2, -0.15) is 8.78 Å². The number of methoxy groups -OCH3 is 1. The van der Waals surface area contributed by atoms with Crippen molar-refractivity contribution in [1.29, 1.82) is 0 Å². The Morgan fingerprint density at radius 2 is 2.12 bits per heavy atom. The molecule has 1 rings (SSSR count). The van der Waals surface area contributed by atoms with Crippen LogP contribution in [-0.2, 0) is 17.0 Å². The molecule has 0 aliphatic heterocycles. The summed E-state index contributed by atoms with van der Waals surface area (Å²) in [5.74, 6) is -0.835. The van der Waals surface area contributed by atoms with Gasteiger partial charge < -0.3 is 14.5 Å². The van der Waals surface area contributed by atoms with Crippen LogP contribution < -0.4 is 5.32 Å². The number of alkyl halides is 2. The molecule has 0 saturated carbocycles. The molecule has 6 heteroatoms. The van der Waals surface area contributed by atoms with Crippen LogP contribution in [0.1, 0.15) is 18.4 Å². The maximum atomic E-state index is 12.0. The molecule has 0 fully saturated rings. The van der Waals surface area contributed by atoms with Gasteiger partial charge in [-0.15, -0.1) is 0 Å². The van der Waals surface area contributed by atoms with E-state index in [0.717, 1.165) is 5.76 Å². The summed E-state index contributed by atoms with van der Waals surface area (Å²) in [4.78, 5) is 0. The van der Waals surface area contributed by atoms with Gasteiger partial charge in [-0.25, -0.2) is 0 Å². The lowest BCUT2D eigenvalue weighted by molar-refractivity contribution is 0.170. The van der Waals surface area contributed by atoms with Gasteiger partial charge in [-0.1, -0.05) is 11.8 Å². The smallest absolute Gasteiger partial charge is 0.284 e. The van der Waals surface area contributed by atoms with E-state index in [1.54, 1.807) is 19.2 Å². The zero-order chi connectivity index (χ0) is 12.7. The number of nitrogens with one attached hydrogen (secondary N) is 1. The van der Waals surface area contributed by atoms with Gasteiger partial charge >= 0.3 is 0 Å². The highest BCUT2D eigenvalue weighted by molar-refractivity contribution is 7.98. The molecule has 0 saturated heterocycles. The molecule has 1 aromatic heterocycles. The molecule has 1 atom stereocenters. The van der Waals surface area contributed by atoms with Crippen LogP contribution in [0.15, 0.2) is 16.5 Å². The number of halogens is 2. The molecule has 1 N–H and O–H groups in total. The second-order valence-corrected chi connectivity index (χ2v) is 4.66. The monoisotopic (exact) mass is 265 g/mol. The van der Waals surface area contributed by atoms with Gasteiger partial charge in [0.05, 0.1) is 18.9 Å². The summed E-state index contributed by atoms with van der Waals surface area (Å²) in [6.45, 7) is 3.19. The number of ether oxygens (including phenoxy) is 1. The van der Waals surface area contributed by atoms with E-state index in [1.165, 1.54) is 0 Å². The average Bonchev–Trinajstić information content (AvgIpc) is 2.72. The Morgan fingerprint density at radius 1 is 1.41 bits per heavy atom. The number of furan rings is 1. The molecule has 0 bridgehead atoms. The minimum atomic E-state index is -2.36. The van der Waals surface area contributed by atoms with E-state index in [2.05, 4.69) is 5.32 Å². The van der Waals surface area contributed by atoms with Crippen LogP contribution in [0.3, 0.4) is 0 Å². The lowest BCUT2D eigenvalue weighted by atomic mass is 10.3. The van der Waals surface area contributed by atoms with Gasteiger partial charge in [0.1, 0.15) is 11.5 Å². The predicted molar refractivity (Wildman–Crippen MR) is 64.2 cm³/mol. The lowest BCUT2D eigenvalue weighted by Gasteiger charge is -2.10. The maximum absolute atomic E-state index is 12.0. The first-order valence-corrected chi connectivity index (χ1v) is 6.36. The van der Waals surface area contributed by atoms with Gasteiger partial charge in [0.25, 0.3) is 5.76 Å². The van der Waals surface area contributed by atoms with Crippen molar-refractivity contribution in [2.75, 3.05) is 13.7 Å². The van der Waals surface area contributed by atoms with Crippen molar-refractivity contribution in [2.24, 2.45) is 0 Å². The van der Waals surface area contributed by atoms with Crippen molar-refractivity contribution in [1.82, 2.24) is 5.32 Å². The van der Waals surface area contributed by atoms with Crippen LogP contribution in [0.25, 0.3) is 0 Å². The van der Waals surface area contributed by atoms with Gasteiger partial charge in [-0.3, -0.25) is 0 Å². The zero-order valence-corrected chi connectivity index (χ0v) is 10.7. The first kappa shape index (κ1) is 14.5. The molecule has 0 aliphatic rings. The van der Waals surface area contributed by atoms with Gasteiger partial charge in [0.15, 0.2) is 0 Å². The van der Waals surface area contributed by atoms with Crippen LogP contribution in [0.5, 0.6) is 0 Å². The first-order valence-electron chi connectivity index (χ1n) is 5.31. The van der Waals surface area contributed by atoms with E-state index in [-0.39, 0.29) is 11.8 Å². The summed E-state index contributed by atoms with van der Waals surface area (Å²) in [5, 5.41) is 3.20. The van der Waals surface area contributed by atoms with E-state index < -0.39 is 5.76 Å². The van der Waals surface area contributed by atoms with Gasteiger partial charge in [-0.05, 0) is 19.1 Å². The summed E-state index contributed by atoms with van der Waals surface area (Å²) >= 11 is 0.563. The number of hydrogen-bond acceptors (Lipinski definition) is 4. The van der Waals surface area contributed by atoms with Crippen molar-refractivity contribution in [3.63, 3.8) is 0 Å². The van der Waals surface area contributed by atoms with Crippen molar-refractivity contribution in [3.8, 4) is 0 Å². The number of thioether (sulfide) groups is 1. The quantitative estimate of drug-likeness (QED) is 0.783. The molecule has 0 aromatic carbocycles. The molecule has 17 heavy (non-hydrogen) atoms. The van der Waals surface area contributed by atoms with E-state index in [4.69, 9.17) is 9.15 Å². The lowest BCUT2D eigenvalue weighted by Crippen LogP contribution is -2.29. The Balaban J connectivity index is 2.30. The third kappa shape index (κ3) is 6.05. The summed E-state index contributed by atoms with van der Waals surface area (Å²) in [6, 6.07) is 3.75. The Hall–Kier alpha value is -0.590. The Morgan fingerprint density at radius 3 is 2.76 bits per heavy atom. The minimum Gasteiger partial charge on any atom is -0.464 e. The average molecular weight is 265 g/mol. The van der Waals surface area contributed by atoms with E-state index in [9.17, 15) is 8.78 Å². The highest BCUT2D eigenvalue weighted by Gasteiger charge is 2.08. The second kappa shape index (κ2) is 7.68. The fourth-order valence-corrected chi connectivity index (χ4v) is 1.77. The molecule has 0 aliphatic carbocycles. The number of hydrogen-bond donors (Lipinski definition) is 1. The summed E-state index contributed by atoms with van der Waals surface area (Å²) in [5.41, 5.74) is 0. The molecular weight excluding hydrogens is 248 g/mol. The fraction of sp³-hybridized carbons (Fsp3) is 0.636. The highest BCUT2D eigenvalue weighted by atomic mass is 32.2. The normalized spacial score (nSPS) is 13.2. The van der Waals surface area contributed by atoms with Crippen LogP contribution in [0, 0.1) is 0 Å². The van der Waals surface area contributed by atoms with Crippen LogP contribution in [0.4, 0.5) is 8.78 Å². The van der Waals surface area contributed by atoms with E-state index in [0.29, 0.717) is 30.7 Å². The van der Waals surface area contributed by atoms with Crippen LogP contribution in [-0.4, -0.2) is 25.5 Å². The van der Waals surface area contributed by atoms with Crippen molar-refractivity contribution < 1.29 is 17.9 Å². The molecular formula is C11H17F2NO2S. The van der Waals surface area contributed by atoms with E-state index in [1.807, 2.05) is 6.92 Å². The SMILES string of the molecule is COCC(C)NCc1ccc(CSC(F)F)o1. The molecule has 0 spiro atoms. The van der Waals surface area contributed by atoms with Crippen molar-refractivity contribution in [3.05, 3.63) is 23.7 Å². The molecule has 0 radical (unpaired) electrons. The fourth-order valence-electron chi connectivity index (χ4n) is 1.32. The summed E-state index contributed by atoms with van der Waals surface area (Å²) < 4.78 is 34.3. The first-order chi connectivity index (χ1) is 8.11. The molecule has 98 valence electrons. The highest BCUT2D eigenvalue weighted by Crippen LogP contribution is 2.21. The molecule has 1 heterocycles. The molecule has 1 unspecified atom stereocenters. The number of rotatable bonds is 8.